The zero-order chi connectivity index (χ0) is 20.0. The third-order valence-corrected chi connectivity index (χ3v) is 7.17. The quantitative estimate of drug-likeness (QED) is 0.726. The van der Waals surface area contributed by atoms with E-state index >= 15 is 0 Å². The molecule has 0 aliphatic rings. The van der Waals surface area contributed by atoms with Crippen molar-refractivity contribution >= 4 is 38.9 Å². The van der Waals surface area contributed by atoms with Crippen LogP contribution in [-0.4, -0.2) is 56.1 Å². The monoisotopic (exact) mass is 409 g/mol. The number of anilines is 1. The van der Waals surface area contributed by atoms with Crippen molar-refractivity contribution in [2.45, 2.75) is 18.1 Å². The van der Waals surface area contributed by atoms with E-state index < -0.39 is 15.9 Å². The molecule has 7 nitrogen and oxygen atoms in total. The van der Waals surface area contributed by atoms with Crippen molar-refractivity contribution in [3.63, 3.8) is 0 Å². The third-order valence-electron chi connectivity index (χ3n) is 3.99. The summed E-state index contributed by atoms with van der Waals surface area (Å²) in [5.41, 5.74) is 1.03. The van der Waals surface area contributed by atoms with Crippen molar-refractivity contribution in [2.75, 3.05) is 32.0 Å². The predicted molar refractivity (Wildman–Crippen MR) is 106 cm³/mol. The minimum Gasteiger partial charge on any atom is -0.339 e. The fourth-order valence-electron chi connectivity index (χ4n) is 2.44. The first-order chi connectivity index (χ1) is 12.8. The molecule has 1 aromatic heterocycles. The number of nitrogens with zero attached hydrogens (tertiary/aromatic N) is 2. The highest BCUT2D eigenvalue weighted by atomic mass is 32.2. The van der Waals surface area contributed by atoms with E-state index in [0.717, 1.165) is 15.6 Å². The first-order valence-electron chi connectivity index (χ1n) is 8.48. The molecular formula is C18H23N3O4S2. The van der Waals surface area contributed by atoms with Crippen LogP contribution < -0.4 is 5.32 Å². The van der Waals surface area contributed by atoms with Crippen LogP contribution in [0, 0.1) is 0 Å². The van der Waals surface area contributed by atoms with Gasteiger partial charge in [0.15, 0.2) is 0 Å². The SMILES string of the molecule is CCN(CC)C(=O)c1ccc(NC(=O)CN(C)S(=O)(=O)c2cccs2)cc1. The van der Waals surface area contributed by atoms with Crippen LogP contribution in [-0.2, 0) is 14.8 Å². The Kier molecular flexibility index (Phi) is 7.11. The highest BCUT2D eigenvalue weighted by Gasteiger charge is 2.23. The molecule has 0 spiro atoms. The van der Waals surface area contributed by atoms with Gasteiger partial charge in [-0.05, 0) is 49.6 Å². The second-order valence-electron chi connectivity index (χ2n) is 5.80. The number of carbonyl (C=O) groups is 2. The first-order valence-corrected chi connectivity index (χ1v) is 10.8. The number of nitrogens with one attached hydrogen (secondary N) is 1. The van der Waals surface area contributed by atoms with Crippen molar-refractivity contribution in [3.05, 3.63) is 47.3 Å². The average Bonchev–Trinajstić information content (AvgIpc) is 3.18. The summed E-state index contributed by atoms with van der Waals surface area (Å²) in [6.45, 7) is 4.77. The fraction of sp³-hybridized carbons (Fsp3) is 0.333. The Morgan fingerprint density at radius 2 is 1.70 bits per heavy atom. The van der Waals surface area contributed by atoms with Crippen molar-refractivity contribution in [1.29, 1.82) is 0 Å². The average molecular weight is 410 g/mol. The minimum atomic E-state index is -3.68. The number of sulfonamides is 1. The van der Waals surface area contributed by atoms with Crippen LogP contribution in [0.4, 0.5) is 5.69 Å². The third kappa shape index (κ3) is 5.15. The number of benzene rings is 1. The highest BCUT2D eigenvalue weighted by Crippen LogP contribution is 2.19. The lowest BCUT2D eigenvalue weighted by atomic mass is 10.1. The Bertz CT molecular complexity index is 874. The summed E-state index contributed by atoms with van der Waals surface area (Å²) in [6.07, 6.45) is 0. The lowest BCUT2D eigenvalue weighted by Crippen LogP contribution is -2.34. The Morgan fingerprint density at radius 1 is 1.07 bits per heavy atom. The molecule has 9 heteroatoms. The Morgan fingerprint density at radius 3 is 2.22 bits per heavy atom. The summed E-state index contributed by atoms with van der Waals surface area (Å²) in [5, 5.41) is 4.32. The van der Waals surface area contributed by atoms with Gasteiger partial charge in [-0.1, -0.05) is 6.07 Å². The van der Waals surface area contributed by atoms with Crippen LogP contribution in [0.2, 0.25) is 0 Å². The standard InChI is InChI=1S/C18H23N3O4S2/c1-4-21(5-2)18(23)14-8-10-15(11-9-14)19-16(22)13-20(3)27(24,25)17-7-6-12-26-17/h6-12H,4-5,13H2,1-3H3,(H,19,22). The van der Waals surface area contributed by atoms with Gasteiger partial charge in [0.05, 0.1) is 6.54 Å². The lowest BCUT2D eigenvalue weighted by Gasteiger charge is -2.19. The molecule has 0 aliphatic carbocycles. The van der Waals surface area contributed by atoms with Gasteiger partial charge in [0.25, 0.3) is 15.9 Å². The summed E-state index contributed by atoms with van der Waals surface area (Å²) in [7, 11) is -2.31. The van der Waals surface area contributed by atoms with E-state index in [2.05, 4.69) is 5.32 Å². The van der Waals surface area contributed by atoms with Crippen molar-refractivity contribution in [3.8, 4) is 0 Å². The minimum absolute atomic E-state index is 0.0698. The zero-order valence-corrected chi connectivity index (χ0v) is 17.1. The number of likely N-dealkylation sites (N-methyl/N-ethyl adjacent to an activating group) is 1. The molecule has 1 aromatic carbocycles. The normalized spacial score (nSPS) is 11.4. The maximum Gasteiger partial charge on any atom is 0.253 e. The fourth-order valence-corrected chi connectivity index (χ4v) is 4.77. The van der Waals surface area contributed by atoms with E-state index in [0.29, 0.717) is 24.3 Å². The Labute approximate surface area is 163 Å². The maximum absolute atomic E-state index is 12.3. The second-order valence-corrected chi connectivity index (χ2v) is 9.02. The molecule has 2 rings (SSSR count). The van der Waals surface area contributed by atoms with E-state index in [1.54, 1.807) is 40.6 Å². The van der Waals surface area contributed by atoms with Crippen LogP contribution in [0.3, 0.4) is 0 Å². The summed E-state index contributed by atoms with van der Waals surface area (Å²) >= 11 is 1.10. The van der Waals surface area contributed by atoms with Gasteiger partial charge in [-0.2, -0.15) is 4.31 Å². The van der Waals surface area contributed by atoms with Gasteiger partial charge in [-0.15, -0.1) is 11.3 Å². The number of hydrogen-bond acceptors (Lipinski definition) is 5. The van der Waals surface area contributed by atoms with Gasteiger partial charge in [0.2, 0.25) is 5.91 Å². The topological polar surface area (TPSA) is 86.8 Å². The van der Waals surface area contributed by atoms with Crippen LogP contribution >= 0.6 is 11.3 Å². The van der Waals surface area contributed by atoms with Gasteiger partial charge in [0, 0.05) is 31.4 Å². The predicted octanol–water partition coefficient (Wildman–Crippen LogP) is 2.49. The summed E-state index contributed by atoms with van der Waals surface area (Å²) < 4.78 is 25.9. The zero-order valence-electron chi connectivity index (χ0n) is 15.5. The molecule has 0 radical (unpaired) electrons. The summed E-state index contributed by atoms with van der Waals surface area (Å²) in [4.78, 5) is 26.2. The molecule has 0 aliphatic heterocycles. The Balaban J connectivity index is 1.99. The number of hydrogen-bond donors (Lipinski definition) is 1. The highest BCUT2D eigenvalue weighted by molar-refractivity contribution is 7.91. The van der Waals surface area contributed by atoms with Crippen molar-refractivity contribution < 1.29 is 18.0 Å². The smallest absolute Gasteiger partial charge is 0.253 e. The lowest BCUT2D eigenvalue weighted by molar-refractivity contribution is -0.116. The van der Waals surface area contributed by atoms with Gasteiger partial charge >= 0.3 is 0 Å². The van der Waals surface area contributed by atoms with Gasteiger partial charge in [-0.3, -0.25) is 9.59 Å². The molecule has 1 N–H and O–H groups in total. The molecule has 0 fully saturated rings. The molecule has 0 saturated carbocycles. The van der Waals surface area contributed by atoms with E-state index in [4.69, 9.17) is 0 Å². The molecule has 2 aromatic rings. The number of rotatable bonds is 8. The molecule has 0 saturated heterocycles. The first kappa shape index (κ1) is 21.1. The van der Waals surface area contributed by atoms with Gasteiger partial charge in [-0.25, -0.2) is 8.42 Å². The van der Waals surface area contributed by atoms with Gasteiger partial charge < -0.3 is 10.2 Å². The van der Waals surface area contributed by atoms with Crippen molar-refractivity contribution in [2.24, 2.45) is 0 Å². The molecule has 1 heterocycles. The molecule has 0 bridgehead atoms. The van der Waals surface area contributed by atoms with E-state index in [-0.39, 0.29) is 16.7 Å². The number of thiophene rings is 1. The molecule has 2 amide bonds. The van der Waals surface area contributed by atoms with E-state index in [9.17, 15) is 18.0 Å². The molecule has 146 valence electrons. The second kappa shape index (κ2) is 9.12. The van der Waals surface area contributed by atoms with Crippen LogP contribution in [0.15, 0.2) is 46.0 Å². The molecule has 0 atom stereocenters. The molecular weight excluding hydrogens is 386 g/mol. The largest absolute Gasteiger partial charge is 0.339 e. The van der Waals surface area contributed by atoms with Gasteiger partial charge in [0.1, 0.15) is 4.21 Å². The summed E-state index contributed by atoms with van der Waals surface area (Å²) in [5.74, 6) is -0.528. The maximum atomic E-state index is 12.3. The Hall–Kier alpha value is -2.23. The molecule has 27 heavy (non-hydrogen) atoms. The van der Waals surface area contributed by atoms with Crippen LogP contribution in [0.1, 0.15) is 24.2 Å². The molecule has 0 unspecified atom stereocenters. The summed E-state index contributed by atoms with van der Waals surface area (Å²) in [6, 6.07) is 9.68. The number of carbonyl (C=O) groups excluding carboxylic acids is 2. The van der Waals surface area contributed by atoms with Crippen molar-refractivity contribution in [1.82, 2.24) is 9.21 Å². The van der Waals surface area contributed by atoms with Crippen LogP contribution in [0.5, 0.6) is 0 Å². The number of amides is 2. The van der Waals surface area contributed by atoms with Crippen LogP contribution in [0.25, 0.3) is 0 Å². The van der Waals surface area contributed by atoms with E-state index in [1.807, 2.05) is 13.8 Å². The van der Waals surface area contributed by atoms with E-state index in [1.165, 1.54) is 13.1 Å².